The fourth-order valence-electron chi connectivity index (χ4n) is 5.87. The fourth-order valence-corrected chi connectivity index (χ4v) is 5.87. The highest BCUT2D eigenvalue weighted by Crippen LogP contribution is 2.41. The van der Waals surface area contributed by atoms with Crippen molar-refractivity contribution in [2.24, 2.45) is 23.7 Å². The Bertz CT molecular complexity index is 1340. The van der Waals surface area contributed by atoms with Crippen molar-refractivity contribution >= 4 is 28.6 Å². The number of esters is 1. The third-order valence-electron chi connectivity index (χ3n) is 8.75. The lowest BCUT2D eigenvalue weighted by Gasteiger charge is -2.37. The molecule has 0 unspecified atom stereocenters. The molecule has 0 spiro atoms. The predicted octanol–water partition coefficient (Wildman–Crippen LogP) is 5.30. The van der Waals surface area contributed by atoms with Crippen LogP contribution in [0.25, 0.3) is 10.8 Å². The molecular formula is C33H38N2O4. The molecule has 1 saturated heterocycles. The number of fused-ring (bicyclic) bond motifs is 1. The van der Waals surface area contributed by atoms with Crippen molar-refractivity contribution in [2.45, 2.75) is 64.6 Å². The van der Waals surface area contributed by atoms with Gasteiger partial charge in [-0.25, -0.2) is 0 Å². The van der Waals surface area contributed by atoms with Gasteiger partial charge in [0.1, 0.15) is 5.92 Å². The van der Waals surface area contributed by atoms with Crippen LogP contribution >= 0.6 is 0 Å². The number of hydrogen-bond donors (Lipinski definition) is 2. The standard InChI is InChI=1S/C33H38N2O4/c1-4-20(2)29-30(39-33(29)38)32(37)35-28-19-26(28)21(3)27(17-14-22-10-6-5-7-11-22)34-31(36)25-16-15-23-12-8-9-13-24(23)18-25/h5-13,15-16,18,20-21,26-30H,4,14,17,19H2,1-3H3,(H,34,36)(H,35,37)/t20-,21-,26-,27+,28-,29-,30+/m0/s1. The summed E-state index contributed by atoms with van der Waals surface area (Å²) in [6, 6.07) is 24.1. The molecule has 2 amide bonds. The van der Waals surface area contributed by atoms with E-state index in [9.17, 15) is 14.4 Å². The highest BCUT2D eigenvalue weighted by atomic mass is 16.6. The SMILES string of the molecule is CC[C@H](C)[C@@H]1C(=O)O[C@H]1C(=O)N[C@H]1C[C@H]1[C@H](C)[C@@H](CCc1ccccc1)NC(=O)c1ccc2ccccc2c1. The van der Waals surface area contributed by atoms with E-state index >= 15 is 0 Å². The van der Waals surface area contributed by atoms with E-state index in [4.69, 9.17) is 4.74 Å². The zero-order chi connectivity index (χ0) is 27.5. The predicted molar refractivity (Wildman–Crippen MR) is 152 cm³/mol. The summed E-state index contributed by atoms with van der Waals surface area (Å²) in [6.07, 6.45) is 2.65. The second kappa shape index (κ2) is 11.6. The van der Waals surface area contributed by atoms with Gasteiger partial charge in [-0.2, -0.15) is 0 Å². The molecule has 6 heteroatoms. The maximum atomic E-state index is 13.4. The molecule has 1 aliphatic carbocycles. The molecular weight excluding hydrogens is 488 g/mol. The van der Waals surface area contributed by atoms with E-state index in [0.717, 1.165) is 36.5 Å². The Hall–Kier alpha value is -3.67. The van der Waals surface area contributed by atoms with Crippen LogP contribution in [-0.2, 0) is 20.7 Å². The number of ether oxygens (including phenoxy) is 1. The number of hydrogen-bond acceptors (Lipinski definition) is 4. The van der Waals surface area contributed by atoms with E-state index in [0.29, 0.717) is 5.56 Å². The summed E-state index contributed by atoms with van der Waals surface area (Å²) in [6.45, 7) is 6.17. The maximum Gasteiger partial charge on any atom is 0.314 e. The van der Waals surface area contributed by atoms with Crippen LogP contribution < -0.4 is 10.6 Å². The first-order chi connectivity index (χ1) is 18.9. The molecule has 1 aliphatic heterocycles. The molecule has 2 N–H and O–H groups in total. The number of cyclic esters (lactones) is 1. The summed E-state index contributed by atoms with van der Waals surface area (Å²) in [5.74, 6) is -0.372. The minimum atomic E-state index is -0.689. The number of carbonyl (C=O) groups excluding carboxylic acids is 3. The second-order valence-corrected chi connectivity index (χ2v) is 11.3. The molecule has 204 valence electrons. The Morgan fingerprint density at radius 2 is 1.69 bits per heavy atom. The maximum absolute atomic E-state index is 13.4. The lowest BCUT2D eigenvalue weighted by Crippen LogP contribution is -2.56. The quantitative estimate of drug-likeness (QED) is 0.332. The van der Waals surface area contributed by atoms with Crippen molar-refractivity contribution in [3.63, 3.8) is 0 Å². The fraction of sp³-hybridized carbons (Fsp3) is 0.424. The van der Waals surface area contributed by atoms with Gasteiger partial charge in [-0.15, -0.1) is 0 Å². The van der Waals surface area contributed by atoms with Gasteiger partial charge in [-0.1, -0.05) is 87.9 Å². The molecule has 7 atom stereocenters. The van der Waals surface area contributed by atoms with Crippen molar-refractivity contribution in [2.75, 3.05) is 0 Å². The molecule has 2 aliphatic rings. The lowest BCUT2D eigenvalue weighted by molar-refractivity contribution is -0.193. The number of benzene rings is 3. The third kappa shape index (κ3) is 6.00. The van der Waals surface area contributed by atoms with E-state index in [-0.39, 0.29) is 53.5 Å². The molecule has 0 radical (unpaired) electrons. The molecule has 0 aromatic heterocycles. The van der Waals surface area contributed by atoms with E-state index < -0.39 is 6.10 Å². The Kier molecular flexibility index (Phi) is 8.01. The summed E-state index contributed by atoms with van der Waals surface area (Å²) in [4.78, 5) is 38.2. The van der Waals surface area contributed by atoms with Crippen LogP contribution in [0.1, 0.15) is 56.0 Å². The van der Waals surface area contributed by atoms with Crippen molar-refractivity contribution in [3.8, 4) is 0 Å². The number of rotatable bonds is 11. The molecule has 6 nitrogen and oxygen atoms in total. The average Bonchev–Trinajstić information content (AvgIpc) is 3.72. The molecule has 0 bridgehead atoms. The first-order valence-electron chi connectivity index (χ1n) is 14.2. The number of nitrogens with one attached hydrogen (secondary N) is 2. The van der Waals surface area contributed by atoms with Crippen molar-refractivity contribution < 1.29 is 19.1 Å². The number of carbonyl (C=O) groups is 3. The van der Waals surface area contributed by atoms with Gasteiger partial charge in [0.15, 0.2) is 6.10 Å². The van der Waals surface area contributed by atoms with Gasteiger partial charge in [0.25, 0.3) is 11.8 Å². The zero-order valence-electron chi connectivity index (χ0n) is 22.9. The van der Waals surface area contributed by atoms with Crippen LogP contribution in [0.15, 0.2) is 72.8 Å². The first-order valence-corrected chi connectivity index (χ1v) is 14.2. The molecule has 39 heavy (non-hydrogen) atoms. The lowest BCUT2D eigenvalue weighted by atomic mass is 9.83. The van der Waals surface area contributed by atoms with Crippen LogP contribution in [0, 0.1) is 23.7 Å². The minimum Gasteiger partial charge on any atom is -0.451 e. The molecule has 5 rings (SSSR count). The molecule has 3 aromatic carbocycles. The first kappa shape index (κ1) is 26.9. The molecule has 1 heterocycles. The van der Waals surface area contributed by atoms with Gasteiger partial charge in [0, 0.05) is 17.6 Å². The van der Waals surface area contributed by atoms with Gasteiger partial charge >= 0.3 is 5.97 Å². The number of amides is 2. The molecule has 1 saturated carbocycles. The Morgan fingerprint density at radius 3 is 2.41 bits per heavy atom. The van der Waals surface area contributed by atoms with Gasteiger partial charge in [-0.3, -0.25) is 14.4 Å². The number of aryl methyl sites for hydroxylation is 1. The van der Waals surface area contributed by atoms with E-state index in [1.807, 2.05) is 74.5 Å². The highest BCUT2D eigenvalue weighted by molar-refractivity contribution is 5.98. The highest BCUT2D eigenvalue weighted by Gasteiger charge is 2.52. The smallest absolute Gasteiger partial charge is 0.314 e. The van der Waals surface area contributed by atoms with Crippen LogP contribution in [0.4, 0.5) is 0 Å². The van der Waals surface area contributed by atoms with Crippen LogP contribution in [0.2, 0.25) is 0 Å². The van der Waals surface area contributed by atoms with Crippen LogP contribution in [-0.4, -0.2) is 36.0 Å². The average molecular weight is 527 g/mol. The third-order valence-corrected chi connectivity index (χ3v) is 8.75. The van der Waals surface area contributed by atoms with Gasteiger partial charge in [-0.05, 0) is 65.5 Å². The topological polar surface area (TPSA) is 84.5 Å². The summed E-state index contributed by atoms with van der Waals surface area (Å²) in [5, 5.41) is 8.59. The van der Waals surface area contributed by atoms with Crippen LogP contribution in [0.5, 0.6) is 0 Å². The summed E-state index contributed by atoms with van der Waals surface area (Å²) in [5.41, 5.74) is 1.88. The molecule has 3 aromatic rings. The van der Waals surface area contributed by atoms with Gasteiger partial charge in [0.2, 0.25) is 0 Å². The Labute approximate surface area is 230 Å². The second-order valence-electron chi connectivity index (χ2n) is 11.3. The summed E-state index contributed by atoms with van der Waals surface area (Å²) >= 11 is 0. The van der Waals surface area contributed by atoms with E-state index in [1.165, 1.54) is 5.56 Å². The largest absolute Gasteiger partial charge is 0.451 e. The van der Waals surface area contributed by atoms with Crippen molar-refractivity contribution in [1.82, 2.24) is 10.6 Å². The Balaban J connectivity index is 1.25. The minimum absolute atomic E-state index is 0.0289. The molecule has 2 fully saturated rings. The Morgan fingerprint density at radius 1 is 0.974 bits per heavy atom. The normalized spacial score (nSPS) is 24.1. The monoisotopic (exact) mass is 526 g/mol. The van der Waals surface area contributed by atoms with Gasteiger partial charge < -0.3 is 15.4 Å². The summed E-state index contributed by atoms with van der Waals surface area (Å²) < 4.78 is 5.22. The zero-order valence-corrected chi connectivity index (χ0v) is 22.9. The summed E-state index contributed by atoms with van der Waals surface area (Å²) in [7, 11) is 0. The van der Waals surface area contributed by atoms with Crippen molar-refractivity contribution in [3.05, 3.63) is 83.9 Å². The van der Waals surface area contributed by atoms with E-state index in [2.05, 4.69) is 29.7 Å². The van der Waals surface area contributed by atoms with Crippen LogP contribution in [0.3, 0.4) is 0 Å². The van der Waals surface area contributed by atoms with Gasteiger partial charge in [0.05, 0.1) is 0 Å². The van der Waals surface area contributed by atoms with E-state index in [1.54, 1.807) is 0 Å². The van der Waals surface area contributed by atoms with Crippen molar-refractivity contribution in [1.29, 1.82) is 0 Å².